The van der Waals surface area contributed by atoms with Gasteiger partial charge in [-0.1, -0.05) is 19.9 Å². The molecule has 0 unspecified atom stereocenters. The van der Waals surface area contributed by atoms with Gasteiger partial charge >= 0.3 is 0 Å². The van der Waals surface area contributed by atoms with Crippen LogP contribution in [0.5, 0.6) is 5.75 Å². The molecule has 1 saturated carbocycles. The molecule has 7 nitrogen and oxygen atoms in total. The van der Waals surface area contributed by atoms with Gasteiger partial charge < -0.3 is 15.0 Å². The largest absolute Gasteiger partial charge is 0.497 e. The zero-order valence-corrected chi connectivity index (χ0v) is 19.3. The lowest BCUT2D eigenvalue weighted by Crippen LogP contribution is -2.53. The van der Waals surface area contributed by atoms with Gasteiger partial charge in [-0.15, -0.1) is 0 Å². The smallest absolute Gasteiger partial charge is 0.243 e. The van der Waals surface area contributed by atoms with Crippen LogP contribution in [0.4, 0.5) is 0 Å². The molecule has 1 aromatic carbocycles. The van der Waals surface area contributed by atoms with Gasteiger partial charge in [0.25, 0.3) is 0 Å². The number of nitrogens with zero attached hydrogens (tertiary/aromatic N) is 2. The minimum absolute atomic E-state index is 0.0689. The molecule has 1 aliphatic carbocycles. The van der Waals surface area contributed by atoms with Gasteiger partial charge in [-0.3, -0.25) is 4.79 Å². The third-order valence-corrected chi connectivity index (χ3v) is 8.01. The molecule has 1 heterocycles. The van der Waals surface area contributed by atoms with Crippen molar-refractivity contribution in [1.29, 1.82) is 0 Å². The van der Waals surface area contributed by atoms with E-state index in [1.54, 1.807) is 28.6 Å². The van der Waals surface area contributed by atoms with Crippen LogP contribution in [0.15, 0.2) is 29.2 Å². The lowest BCUT2D eigenvalue weighted by molar-refractivity contribution is -0.135. The summed E-state index contributed by atoms with van der Waals surface area (Å²) in [6.07, 6.45) is 3.94. The number of piperidine rings is 1. The molecular weight excluding hydrogens is 402 g/mol. The molecule has 2 aliphatic rings. The maximum atomic E-state index is 13.5. The lowest BCUT2D eigenvalue weighted by atomic mass is 10.00. The van der Waals surface area contributed by atoms with Gasteiger partial charge in [0.05, 0.1) is 18.0 Å². The van der Waals surface area contributed by atoms with Crippen molar-refractivity contribution in [2.45, 2.75) is 69.0 Å². The molecule has 3 rings (SSSR count). The highest BCUT2D eigenvalue weighted by Gasteiger charge is 2.44. The summed E-state index contributed by atoms with van der Waals surface area (Å²) in [6, 6.07) is 6.50. The van der Waals surface area contributed by atoms with Crippen LogP contribution in [0.25, 0.3) is 0 Å². The van der Waals surface area contributed by atoms with E-state index in [1.807, 2.05) is 11.9 Å². The van der Waals surface area contributed by atoms with E-state index < -0.39 is 10.0 Å². The maximum absolute atomic E-state index is 13.5. The first-order valence-electron chi connectivity index (χ1n) is 10.9. The lowest BCUT2D eigenvalue weighted by Gasteiger charge is -2.39. The molecule has 1 atom stereocenters. The number of hydrogen-bond donors (Lipinski definition) is 1. The van der Waals surface area contributed by atoms with E-state index in [-0.39, 0.29) is 28.9 Å². The Bertz CT molecular complexity index is 831. The zero-order valence-electron chi connectivity index (χ0n) is 18.5. The molecule has 1 aromatic rings. The maximum Gasteiger partial charge on any atom is 0.243 e. The monoisotopic (exact) mass is 437 g/mol. The summed E-state index contributed by atoms with van der Waals surface area (Å²) in [6.45, 7) is 5.41. The molecule has 1 N–H and O–H groups in total. The third-order valence-electron chi connectivity index (χ3n) is 6.01. The fraction of sp³-hybridized carbons (Fsp3) is 0.682. The Morgan fingerprint density at radius 3 is 2.37 bits per heavy atom. The highest BCUT2D eigenvalue weighted by atomic mass is 32.2. The summed E-state index contributed by atoms with van der Waals surface area (Å²) in [7, 11) is -0.244. The van der Waals surface area contributed by atoms with E-state index in [9.17, 15) is 13.2 Å². The van der Waals surface area contributed by atoms with Gasteiger partial charge in [-0.05, 0) is 57.2 Å². The van der Waals surface area contributed by atoms with E-state index in [2.05, 4.69) is 19.2 Å². The van der Waals surface area contributed by atoms with E-state index in [1.165, 1.54) is 7.11 Å². The zero-order chi connectivity index (χ0) is 21.9. The number of likely N-dealkylation sites (tertiary alicyclic amines) is 1. The fourth-order valence-electron chi connectivity index (χ4n) is 4.28. The number of rotatable bonds is 9. The van der Waals surface area contributed by atoms with E-state index in [0.29, 0.717) is 37.6 Å². The number of ether oxygens (including phenoxy) is 1. The Morgan fingerprint density at radius 2 is 1.83 bits per heavy atom. The Morgan fingerprint density at radius 1 is 1.20 bits per heavy atom. The van der Waals surface area contributed by atoms with Crippen LogP contribution < -0.4 is 10.1 Å². The Kier molecular flexibility index (Phi) is 7.42. The van der Waals surface area contributed by atoms with Crippen LogP contribution in [-0.4, -0.2) is 68.9 Å². The second-order valence-electron chi connectivity index (χ2n) is 8.77. The summed E-state index contributed by atoms with van der Waals surface area (Å²) in [5.74, 6) is 1.09. The van der Waals surface area contributed by atoms with Crippen molar-refractivity contribution in [2.75, 3.05) is 27.2 Å². The average Bonchev–Trinajstić information content (AvgIpc) is 3.56. The predicted octanol–water partition coefficient (Wildman–Crippen LogP) is 2.47. The number of methoxy groups -OCH3 is 1. The van der Waals surface area contributed by atoms with Gasteiger partial charge in [-0.25, -0.2) is 8.42 Å². The number of sulfonamides is 1. The Hall–Kier alpha value is -1.64. The number of carbonyl (C=O) groups excluding carboxylic acids is 1. The van der Waals surface area contributed by atoms with Gasteiger partial charge in [0.1, 0.15) is 5.75 Å². The summed E-state index contributed by atoms with van der Waals surface area (Å²) in [5.41, 5.74) is 0. The van der Waals surface area contributed by atoms with Crippen molar-refractivity contribution in [3.05, 3.63) is 24.3 Å². The fourth-order valence-corrected chi connectivity index (χ4v) is 6.24. The summed E-state index contributed by atoms with van der Waals surface area (Å²) < 4.78 is 33.8. The molecule has 168 valence electrons. The Labute approximate surface area is 180 Å². The minimum atomic E-state index is -3.61. The first-order chi connectivity index (χ1) is 14.3. The summed E-state index contributed by atoms with van der Waals surface area (Å²) >= 11 is 0. The van der Waals surface area contributed by atoms with E-state index in [0.717, 1.165) is 19.3 Å². The minimum Gasteiger partial charge on any atom is -0.497 e. The van der Waals surface area contributed by atoms with E-state index in [4.69, 9.17) is 4.74 Å². The van der Waals surface area contributed by atoms with Crippen LogP contribution in [0.1, 0.15) is 46.0 Å². The topological polar surface area (TPSA) is 79.0 Å². The second-order valence-corrected chi connectivity index (χ2v) is 10.6. The summed E-state index contributed by atoms with van der Waals surface area (Å²) in [5, 5.41) is 3.14. The molecule has 2 fully saturated rings. The van der Waals surface area contributed by atoms with Crippen LogP contribution in [0, 0.1) is 5.92 Å². The van der Waals surface area contributed by atoms with Crippen LogP contribution in [0.3, 0.4) is 0 Å². The third kappa shape index (κ3) is 5.15. The molecule has 0 radical (unpaired) electrons. The van der Waals surface area contributed by atoms with Gasteiger partial charge in [-0.2, -0.15) is 4.31 Å². The Balaban J connectivity index is 1.71. The van der Waals surface area contributed by atoms with Gasteiger partial charge in [0.2, 0.25) is 15.9 Å². The first kappa shape index (κ1) is 23.0. The molecule has 0 aromatic heterocycles. The van der Waals surface area contributed by atoms with Crippen molar-refractivity contribution < 1.29 is 17.9 Å². The van der Waals surface area contributed by atoms with E-state index >= 15 is 0 Å². The van der Waals surface area contributed by atoms with Crippen molar-refractivity contribution in [1.82, 2.24) is 14.5 Å². The second kappa shape index (κ2) is 9.66. The number of benzene rings is 1. The first-order valence-corrected chi connectivity index (χ1v) is 12.4. The average molecular weight is 438 g/mol. The number of amides is 1. The van der Waals surface area contributed by atoms with Crippen molar-refractivity contribution >= 4 is 15.9 Å². The van der Waals surface area contributed by atoms with Crippen molar-refractivity contribution in [3.8, 4) is 5.75 Å². The highest BCUT2D eigenvalue weighted by molar-refractivity contribution is 7.89. The molecule has 30 heavy (non-hydrogen) atoms. The van der Waals surface area contributed by atoms with Crippen LogP contribution in [-0.2, 0) is 14.8 Å². The molecule has 8 heteroatoms. The van der Waals surface area contributed by atoms with Crippen molar-refractivity contribution in [2.24, 2.45) is 5.92 Å². The molecule has 1 aliphatic heterocycles. The number of carbonyl (C=O) groups is 1. The van der Waals surface area contributed by atoms with Crippen molar-refractivity contribution in [3.63, 3.8) is 0 Å². The summed E-state index contributed by atoms with van der Waals surface area (Å²) in [4.78, 5) is 15.1. The molecule has 1 amide bonds. The van der Waals surface area contributed by atoms with Crippen LogP contribution >= 0.6 is 0 Å². The normalized spacial score (nSPS) is 19.3. The quantitative estimate of drug-likeness (QED) is 0.642. The van der Waals surface area contributed by atoms with Gasteiger partial charge in [0.15, 0.2) is 0 Å². The standard InChI is InChI=1S/C22H35N3O4S/c1-16(2)14-21(23-3)22(26)24-12-10-18(11-13-24)25(17-8-9-17)30(27,28)20-7-5-6-19(15-20)29-4/h5-7,15-18,21,23H,8-14H2,1-4H3/t21-/m0/s1. The number of nitrogens with one attached hydrogen (secondary N) is 1. The van der Waals surface area contributed by atoms with Crippen LogP contribution in [0.2, 0.25) is 0 Å². The molecule has 1 saturated heterocycles. The number of likely N-dealkylation sites (N-methyl/N-ethyl adjacent to an activating group) is 1. The molecular formula is C22H35N3O4S. The van der Waals surface area contributed by atoms with Gasteiger partial charge in [0, 0.05) is 31.2 Å². The SMILES string of the molecule is CN[C@@H](CC(C)C)C(=O)N1CCC(N(C2CC2)S(=O)(=O)c2cccc(OC)c2)CC1. The molecule has 0 bridgehead atoms. The number of hydrogen-bond acceptors (Lipinski definition) is 5. The predicted molar refractivity (Wildman–Crippen MR) is 117 cm³/mol. The highest BCUT2D eigenvalue weighted by Crippen LogP contribution is 2.37. The molecule has 0 spiro atoms.